The Labute approximate surface area is 128 Å². The Balaban J connectivity index is 1.82. The zero-order valence-electron chi connectivity index (χ0n) is 11.8. The fraction of sp³-hybridized carbons (Fsp3) is 0.385. The van der Waals surface area contributed by atoms with Crippen LogP contribution in [0, 0.1) is 5.92 Å². The van der Waals surface area contributed by atoms with E-state index in [1.807, 2.05) is 30.3 Å². The number of benzene rings is 1. The molecule has 0 radical (unpaired) electrons. The molecule has 1 heterocycles. The lowest BCUT2D eigenvalue weighted by molar-refractivity contribution is -0.122. The van der Waals surface area contributed by atoms with Gasteiger partial charge in [0.1, 0.15) is 6.61 Å². The number of carbonyl (C=O) groups excluding carboxylic acids is 2. The molecule has 0 bridgehead atoms. The molecule has 1 aromatic carbocycles. The topological polar surface area (TPSA) is 119 Å². The number of hydrogen-bond acceptors (Lipinski definition) is 5. The van der Waals surface area contributed by atoms with Crippen molar-refractivity contribution in [1.29, 1.82) is 0 Å². The third-order valence-corrected chi connectivity index (χ3v) is 3.75. The number of nitrogens with zero attached hydrogens (tertiary/aromatic N) is 1. The van der Waals surface area contributed by atoms with Crippen LogP contribution in [0.1, 0.15) is 12.0 Å². The second kappa shape index (κ2) is 6.75. The van der Waals surface area contributed by atoms with Gasteiger partial charge in [-0.25, -0.2) is 14.7 Å². The van der Waals surface area contributed by atoms with Crippen LogP contribution in [-0.4, -0.2) is 38.4 Å². The Morgan fingerprint density at radius 3 is 2.64 bits per heavy atom. The predicted octanol–water partition coefficient (Wildman–Crippen LogP) is -0.0352. The van der Waals surface area contributed by atoms with Crippen LogP contribution < -0.4 is 9.86 Å². The average Bonchev–Trinajstić information content (AvgIpc) is 2.94. The second-order valence-electron chi connectivity index (χ2n) is 4.98. The first kappa shape index (κ1) is 16.2. The Hall–Kier alpha value is -2.13. The molecule has 1 atom stereocenters. The minimum atomic E-state index is -4.08. The van der Waals surface area contributed by atoms with Crippen LogP contribution in [0.3, 0.4) is 0 Å². The van der Waals surface area contributed by atoms with Crippen molar-refractivity contribution in [2.45, 2.75) is 13.0 Å². The van der Waals surface area contributed by atoms with Crippen LogP contribution in [0.5, 0.6) is 0 Å². The van der Waals surface area contributed by atoms with Gasteiger partial charge in [0.05, 0.1) is 5.92 Å². The van der Waals surface area contributed by atoms with Gasteiger partial charge in [-0.2, -0.15) is 8.42 Å². The largest absolute Gasteiger partial charge is 0.445 e. The Bertz CT molecular complexity index is 647. The lowest BCUT2D eigenvalue weighted by atomic mass is 10.1. The summed E-state index contributed by atoms with van der Waals surface area (Å²) in [5.41, 5.74) is 0.860. The van der Waals surface area contributed by atoms with Gasteiger partial charge in [0.2, 0.25) is 5.91 Å². The van der Waals surface area contributed by atoms with E-state index in [-0.39, 0.29) is 13.2 Å². The second-order valence-corrected chi connectivity index (χ2v) is 6.28. The molecule has 2 amide bonds. The Morgan fingerprint density at radius 1 is 1.32 bits per heavy atom. The van der Waals surface area contributed by atoms with Crippen molar-refractivity contribution in [3.8, 4) is 0 Å². The number of hydrogen-bond donors (Lipinski definition) is 2. The molecule has 8 nitrogen and oxygen atoms in total. The fourth-order valence-electron chi connectivity index (χ4n) is 2.17. The molecule has 0 unspecified atom stereocenters. The first-order valence-electron chi connectivity index (χ1n) is 6.65. The van der Waals surface area contributed by atoms with Crippen LogP contribution in [0.15, 0.2) is 30.3 Å². The molecular weight excluding hydrogens is 310 g/mol. The minimum absolute atomic E-state index is 0.106. The molecule has 3 N–H and O–H groups in total. The van der Waals surface area contributed by atoms with Gasteiger partial charge in [-0.15, -0.1) is 0 Å². The molecule has 1 fully saturated rings. The number of nitrogens with two attached hydrogens (primary N) is 1. The molecule has 1 aliphatic rings. The lowest BCUT2D eigenvalue weighted by Gasteiger charge is -2.16. The highest BCUT2D eigenvalue weighted by Gasteiger charge is 2.33. The molecule has 0 aromatic heterocycles. The van der Waals surface area contributed by atoms with Crippen molar-refractivity contribution in [1.82, 2.24) is 9.62 Å². The summed E-state index contributed by atoms with van der Waals surface area (Å²) in [5, 5.41) is 4.75. The average molecular weight is 327 g/mol. The highest BCUT2D eigenvalue weighted by molar-refractivity contribution is 7.87. The predicted molar refractivity (Wildman–Crippen MR) is 77.6 cm³/mol. The van der Waals surface area contributed by atoms with E-state index in [1.165, 1.54) is 4.90 Å². The standard InChI is InChI=1S/C13H17N3O5S/c14-22(19,20)15-12(17)11-6-7-16(8-11)13(18)21-9-10-4-2-1-3-5-10/h1-5,11H,6-9H2,(H,15,17)(H2,14,19,20)/t11-/m0/s1. The molecule has 1 aromatic rings. The number of likely N-dealkylation sites (tertiary alicyclic amines) is 1. The molecule has 120 valence electrons. The molecule has 9 heteroatoms. The molecule has 0 saturated carbocycles. The SMILES string of the molecule is NS(=O)(=O)NC(=O)[C@H]1CCN(C(=O)OCc2ccccc2)C1. The summed E-state index contributed by atoms with van der Waals surface area (Å²) in [5.74, 6) is -1.32. The van der Waals surface area contributed by atoms with Gasteiger partial charge in [0.25, 0.3) is 10.2 Å². The summed E-state index contributed by atoms with van der Waals surface area (Å²) in [4.78, 5) is 24.9. The van der Waals surface area contributed by atoms with Gasteiger partial charge in [-0.3, -0.25) is 4.79 Å². The van der Waals surface area contributed by atoms with Gasteiger partial charge in [0, 0.05) is 13.1 Å². The van der Waals surface area contributed by atoms with Crippen LogP contribution in [0.2, 0.25) is 0 Å². The smallest absolute Gasteiger partial charge is 0.410 e. The monoisotopic (exact) mass is 327 g/mol. The third-order valence-electron chi connectivity index (χ3n) is 3.27. The van der Waals surface area contributed by atoms with Crippen molar-refractivity contribution < 1.29 is 22.7 Å². The summed E-state index contributed by atoms with van der Waals surface area (Å²) >= 11 is 0. The van der Waals surface area contributed by atoms with Crippen molar-refractivity contribution in [3.05, 3.63) is 35.9 Å². The zero-order valence-corrected chi connectivity index (χ0v) is 12.6. The Kier molecular flexibility index (Phi) is 4.99. The van der Waals surface area contributed by atoms with E-state index >= 15 is 0 Å². The van der Waals surface area contributed by atoms with Crippen LogP contribution >= 0.6 is 0 Å². The summed E-state index contributed by atoms with van der Waals surface area (Å²) in [6.45, 7) is 0.579. The maximum Gasteiger partial charge on any atom is 0.410 e. The molecule has 2 rings (SSSR count). The van der Waals surface area contributed by atoms with Gasteiger partial charge in [0.15, 0.2) is 0 Å². The first-order chi connectivity index (χ1) is 10.3. The number of amides is 2. The molecule has 22 heavy (non-hydrogen) atoms. The number of carbonyl (C=O) groups is 2. The minimum Gasteiger partial charge on any atom is -0.445 e. The highest BCUT2D eigenvalue weighted by Crippen LogP contribution is 2.18. The third kappa shape index (κ3) is 4.71. The number of ether oxygens (including phenoxy) is 1. The van der Waals surface area contributed by atoms with E-state index < -0.39 is 28.1 Å². The normalized spacial score (nSPS) is 18.0. The van der Waals surface area contributed by atoms with E-state index in [0.29, 0.717) is 13.0 Å². The number of nitrogens with one attached hydrogen (secondary N) is 1. The van der Waals surface area contributed by atoms with E-state index in [9.17, 15) is 18.0 Å². The van der Waals surface area contributed by atoms with Crippen molar-refractivity contribution in [2.24, 2.45) is 11.1 Å². The van der Waals surface area contributed by atoms with Crippen molar-refractivity contribution in [3.63, 3.8) is 0 Å². The van der Waals surface area contributed by atoms with E-state index in [2.05, 4.69) is 0 Å². The van der Waals surface area contributed by atoms with Crippen LogP contribution in [0.25, 0.3) is 0 Å². The molecule has 0 aliphatic carbocycles. The Morgan fingerprint density at radius 2 is 2.00 bits per heavy atom. The molecule has 1 saturated heterocycles. The first-order valence-corrected chi connectivity index (χ1v) is 8.20. The van der Waals surface area contributed by atoms with Crippen molar-refractivity contribution in [2.75, 3.05) is 13.1 Å². The van der Waals surface area contributed by atoms with Gasteiger partial charge in [-0.1, -0.05) is 30.3 Å². The van der Waals surface area contributed by atoms with Gasteiger partial charge < -0.3 is 9.64 Å². The maximum atomic E-state index is 11.9. The van der Waals surface area contributed by atoms with E-state index in [1.54, 1.807) is 4.72 Å². The quantitative estimate of drug-likeness (QED) is 0.804. The summed E-state index contributed by atoms with van der Waals surface area (Å²) < 4.78 is 28.5. The number of rotatable bonds is 4. The summed E-state index contributed by atoms with van der Waals surface area (Å²) in [6, 6.07) is 9.21. The molecular formula is C13H17N3O5S. The molecule has 1 aliphatic heterocycles. The zero-order chi connectivity index (χ0) is 16.2. The molecule has 0 spiro atoms. The van der Waals surface area contributed by atoms with Gasteiger partial charge in [-0.05, 0) is 12.0 Å². The van der Waals surface area contributed by atoms with Gasteiger partial charge >= 0.3 is 6.09 Å². The van der Waals surface area contributed by atoms with Crippen LogP contribution in [-0.2, 0) is 26.3 Å². The summed E-state index contributed by atoms with van der Waals surface area (Å²) in [7, 11) is -4.08. The van der Waals surface area contributed by atoms with E-state index in [0.717, 1.165) is 5.56 Å². The lowest BCUT2D eigenvalue weighted by Crippen LogP contribution is -2.41. The van der Waals surface area contributed by atoms with E-state index in [4.69, 9.17) is 9.88 Å². The maximum absolute atomic E-state index is 11.9. The fourth-order valence-corrected chi connectivity index (χ4v) is 2.62. The highest BCUT2D eigenvalue weighted by atomic mass is 32.2. The summed E-state index contributed by atoms with van der Waals surface area (Å²) in [6.07, 6.45) is -0.170. The van der Waals surface area contributed by atoms with Crippen molar-refractivity contribution >= 4 is 22.2 Å². The van der Waals surface area contributed by atoms with Crippen LogP contribution in [0.4, 0.5) is 4.79 Å².